The van der Waals surface area contributed by atoms with Gasteiger partial charge in [0.2, 0.25) is 15.9 Å². The minimum atomic E-state index is -3.92. The first-order valence-corrected chi connectivity index (χ1v) is 11.4. The molecule has 0 radical (unpaired) electrons. The summed E-state index contributed by atoms with van der Waals surface area (Å²) in [5.41, 5.74) is 2.55. The zero-order valence-electron chi connectivity index (χ0n) is 16.8. The highest BCUT2D eigenvalue weighted by Gasteiger charge is 2.34. The van der Waals surface area contributed by atoms with Gasteiger partial charge in [-0.15, -0.1) is 0 Å². The second kappa shape index (κ2) is 9.05. The van der Waals surface area contributed by atoms with Crippen LogP contribution in [0.3, 0.4) is 0 Å². The monoisotopic (exact) mass is 418 g/mol. The standard InChI is InChI=1S/C22H27FN2O3S/c1-16-7-6-8-17(2)22(16)24-21(26)15-25(19-9-4-3-5-10-19)29(27,28)20-13-11-18(23)12-14-20/h6-8,11-14,19H,3-5,9-10,15H2,1-2H3,(H,24,26). The number of benzene rings is 2. The summed E-state index contributed by atoms with van der Waals surface area (Å²) in [7, 11) is -3.92. The summed E-state index contributed by atoms with van der Waals surface area (Å²) in [5.74, 6) is -0.875. The lowest BCUT2D eigenvalue weighted by Crippen LogP contribution is -2.45. The second-order valence-electron chi connectivity index (χ2n) is 7.61. The zero-order valence-corrected chi connectivity index (χ0v) is 17.6. The molecule has 0 spiro atoms. The molecule has 3 rings (SSSR count). The molecule has 2 aromatic rings. The second-order valence-corrected chi connectivity index (χ2v) is 9.50. The van der Waals surface area contributed by atoms with E-state index in [0.717, 1.165) is 55.4 Å². The van der Waals surface area contributed by atoms with Crippen molar-refractivity contribution in [2.75, 3.05) is 11.9 Å². The molecule has 5 nitrogen and oxygen atoms in total. The van der Waals surface area contributed by atoms with Gasteiger partial charge < -0.3 is 5.32 Å². The van der Waals surface area contributed by atoms with Crippen molar-refractivity contribution in [1.82, 2.24) is 4.31 Å². The van der Waals surface area contributed by atoms with Gasteiger partial charge in [-0.25, -0.2) is 12.8 Å². The fraction of sp³-hybridized carbons (Fsp3) is 0.409. The van der Waals surface area contributed by atoms with E-state index in [-0.39, 0.29) is 23.4 Å². The van der Waals surface area contributed by atoms with Crippen molar-refractivity contribution < 1.29 is 17.6 Å². The lowest BCUT2D eigenvalue weighted by atomic mass is 9.95. The molecule has 1 aliphatic carbocycles. The molecule has 1 fully saturated rings. The molecule has 2 aromatic carbocycles. The Morgan fingerprint density at radius 3 is 2.21 bits per heavy atom. The number of carbonyl (C=O) groups is 1. The molecule has 1 N–H and O–H groups in total. The van der Waals surface area contributed by atoms with Crippen LogP contribution in [0, 0.1) is 19.7 Å². The van der Waals surface area contributed by atoms with Gasteiger partial charge in [-0.3, -0.25) is 4.79 Å². The minimum Gasteiger partial charge on any atom is -0.324 e. The van der Waals surface area contributed by atoms with Crippen LogP contribution >= 0.6 is 0 Å². The molecule has 0 aromatic heterocycles. The van der Waals surface area contributed by atoms with Crippen LogP contribution in [0.5, 0.6) is 0 Å². The number of anilines is 1. The zero-order chi connectivity index (χ0) is 21.0. The summed E-state index contributed by atoms with van der Waals surface area (Å²) < 4.78 is 41.2. The normalized spacial score (nSPS) is 15.4. The Balaban J connectivity index is 1.87. The lowest BCUT2D eigenvalue weighted by molar-refractivity contribution is -0.116. The van der Waals surface area contributed by atoms with Crippen molar-refractivity contribution in [3.63, 3.8) is 0 Å². The van der Waals surface area contributed by atoms with Crippen LogP contribution in [-0.2, 0) is 14.8 Å². The number of halogens is 1. The average Bonchev–Trinajstić information content (AvgIpc) is 2.70. The van der Waals surface area contributed by atoms with Gasteiger partial charge in [0.15, 0.2) is 0 Å². The highest BCUT2D eigenvalue weighted by atomic mass is 32.2. The first-order valence-electron chi connectivity index (χ1n) is 9.92. The number of sulfonamides is 1. The molecule has 7 heteroatoms. The molecular formula is C22H27FN2O3S. The third-order valence-corrected chi connectivity index (χ3v) is 7.36. The van der Waals surface area contributed by atoms with Crippen LogP contribution in [0.15, 0.2) is 47.4 Å². The van der Waals surface area contributed by atoms with Crippen molar-refractivity contribution in [3.05, 3.63) is 59.4 Å². The Labute approximate surface area is 172 Å². The van der Waals surface area contributed by atoms with Crippen molar-refractivity contribution in [2.24, 2.45) is 0 Å². The molecule has 29 heavy (non-hydrogen) atoms. The highest BCUT2D eigenvalue weighted by molar-refractivity contribution is 7.89. The SMILES string of the molecule is Cc1cccc(C)c1NC(=O)CN(C1CCCCC1)S(=O)(=O)c1ccc(F)cc1. The summed E-state index contributed by atoms with van der Waals surface area (Å²) in [6.45, 7) is 3.53. The first-order chi connectivity index (χ1) is 13.8. The van der Waals surface area contributed by atoms with Crippen molar-refractivity contribution in [2.45, 2.75) is 56.9 Å². The molecule has 0 unspecified atom stereocenters. The highest BCUT2D eigenvalue weighted by Crippen LogP contribution is 2.28. The summed E-state index contributed by atoms with van der Waals surface area (Å²) in [6, 6.07) is 10.2. The van der Waals surface area contributed by atoms with Crippen molar-refractivity contribution >= 4 is 21.6 Å². The third kappa shape index (κ3) is 5.03. The molecule has 0 heterocycles. The predicted octanol–water partition coefficient (Wildman–Crippen LogP) is 4.40. The quantitative estimate of drug-likeness (QED) is 0.756. The Hall–Kier alpha value is -2.25. The summed E-state index contributed by atoms with van der Waals surface area (Å²) in [5, 5.41) is 2.88. The van der Waals surface area contributed by atoms with E-state index in [0.29, 0.717) is 5.69 Å². The van der Waals surface area contributed by atoms with E-state index >= 15 is 0 Å². The van der Waals surface area contributed by atoms with E-state index < -0.39 is 15.8 Å². The van der Waals surface area contributed by atoms with E-state index in [1.54, 1.807) is 0 Å². The summed E-state index contributed by atoms with van der Waals surface area (Å²) in [4.78, 5) is 12.8. The molecule has 0 aliphatic heterocycles. The van der Waals surface area contributed by atoms with Crippen LogP contribution in [0.4, 0.5) is 10.1 Å². The van der Waals surface area contributed by atoms with E-state index in [1.807, 2.05) is 32.0 Å². The molecule has 0 saturated heterocycles. The number of nitrogens with one attached hydrogen (secondary N) is 1. The van der Waals surface area contributed by atoms with E-state index in [4.69, 9.17) is 0 Å². The van der Waals surface area contributed by atoms with Gasteiger partial charge in [-0.05, 0) is 62.1 Å². The summed E-state index contributed by atoms with van der Waals surface area (Å²) >= 11 is 0. The van der Waals surface area contributed by atoms with Gasteiger partial charge in [-0.1, -0.05) is 37.5 Å². The smallest absolute Gasteiger partial charge is 0.243 e. The fourth-order valence-electron chi connectivity index (χ4n) is 3.85. The number of para-hydroxylation sites is 1. The number of hydrogen-bond acceptors (Lipinski definition) is 3. The Bertz CT molecular complexity index is 948. The topological polar surface area (TPSA) is 66.5 Å². The van der Waals surface area contributed by atoms with Crippen LogP contribution in [0.2, 0.25) is 0 Å². The summed E-state index contributed by atoms with van der Waals surface area (Å²) in [6.07, 6.45) is 4.36. The largest absolute Gasteiger partial charge is 0.324 e. The van der Waals surface area contributed by atoms with Crippen LogP contribution in [0.25, 0.3) is 0 Å². The van der Waals surface area contributed by atoms with Gasteiger partial charge >= 0.3 is 0 Å². The predicted molar refractivity (Wildman–Crippen MR) is 112 cm³/mol. The maximum Gasteiger partial charge on any atom is 0.243 e. The number of carbonyl (C=O) groups excluding carboxylic acids is 1. The number of amides is 1. The average molecular weight is 419 g/mol. The van der Waals surface area contributed by atoms with Gasteiger partial charge in [0.1, 0.15) is 5.82 Å². The van der Waals surface area contributed by atoms with Crippen molar-refractivity contribution in [1.29, 1.82) is 0 Å². The van der Waals surface area contributed by atoms with Crippen LogP contribution < -0.4 is 5.32 Å². The van der Waals surface area contributed by atoms with Crippen LogP contribution in [0.1, 0.15) is 43.2 Å². The van der Waals surface area contributed by atoms with Gasteiger partial charge in [0.05, 0.1) is 11.4 Å². The number of hydrogen-bond donors (Lipinski definition) is 1. The Kier molecular flexibility index (Phi) is 6.70. The number of nitrogens with zero attached hydrogens (tertiary/aromatic N) is 1. The molecule has 156 valence electrons. The van der Waals surface area contributed by atoms with Gasteiger partial charge in [-0.2, -0.15) is 4.31 Å². The van der Waals surface area contributed by atoms with Gasteiger partial charge in [0, 0.05) is 11.7 Å². The molecular weight excluding hydrogens is 391 g/mol. The maximum absolute atomic E-state index is 13.3. The molecule has 0 bridgehead atoms. The fourth-order valence-corrected chi connectivity index (χ4v) is 5.49. The minimum absolute atomic E-state index is 0.00402. The first kappa shape index (κ1) is 21.5. The maximum atomic E-state index is 13.3. The van der Waals surface area contributed by atoms with E-state index in [1.165, 1.54) is 16.4 Å². The Morgan fingerprint density at radius 1 is 1.03 bits per heavy atom. The van der Waals surface area contributed by atoms with E-state index in [9.17, 15) is 17.6 Å². The number of rotatable bonds is 6. The van der Waals surface area contributed by atoms with E-state index in [2.05, 4.69) is 5.32 Å². The number of aryl methyl sites for hydroxylation is 2. The molecule has 1 saturated carbocycles. The Morgan fingerprint density at radius 2 is 1.62 bits per heavy atom. The molecule has 1 aliphatic rings. The van der Waals surface area contributed by atoms with Gasteiger partial charge in [0.25, 0.3) is 0 Å². The van der Waals surface area contributed by atoms with Crippen LogP contribution in [-0.4, -0.2) is 31.2 Å². The third-order valence-electron chi connectivity index (χ3n) is 5.45. The van der Waals surface area contributed by atoms with Crippen molar-refractivity contribution in [3.8, 4) is 0 Å². The lowest BCUT2D eigenvalue weighted by Gasteiger charge is -2.33. The molecule has 1 amide bonds. The molecule has 0 atom stereocenters.